The van der Waals surface area contributed by atoms with Gasteiger partial charge in [-0.05, 0) is 71.8 Å². The number of carboxylic acid groups (broad SMARTS) is 2. The molecule has 0 bridgehead atoms. The average Bonchev–Trinajstić information content (AvgIpc) is 2.97. The lowest BCUT2D eigenvalue weighted by Crippen LogP contribution is -2.55. The minimum absolute atomic E-state index is 0.0135. The second kappa shape index (κ2) is 12.3. The Morgan fingerprint density at radius 2 is 1.07 bits per heavy atom. The molecule has 0 aliphatic carbocycles. The molecule has 2 amide bonds. The molecular weight excluding hydrogens is 626 g/mol. The van der Waals surface area contributed by atoms with Crippen molar-refractivity contribution in [3.8, 4) is 11.5 Å². The molecule has 0 aromatic heterocycles. The van der Waals surface area contributed by atoms with Crippen LogP contribution in [0.1, 0.15) is 52.6 Å². The molecule has 0 atom stereocenters. The zero-order chi connectivity index (χ0) is 34.0. The number of aromatic carboxylic acids is 2. The third kappa shape index (κ3) is 6.20. The highest BCUT2D eigenvalue weighted by molar-refractivity contribution is 6.11. The number of hydrogen-bond donors (Lipinski definition) is 4. The summed E-state index contributed by atoms with van der Waals surface area (Å²) < 4.78 is 94.3. The molecule has 9 nitrogen and oxygen atoms in total. The Kier molecular flexibility index (Phi) is 8.81. The van der Waals surface area contributed by atoms with Crippen molar-refractivity contribution in [3.05, 3.63) is 124 Å². The standard InChI is InChI=1S/C31H20F6N2O7/c32-30(33,34)29(31(35,36)37,16-6-12-21(27(42)43)23(14-16)25(38)40)17-7-13-22(28(44)45)24(15-17)26(41)39-18-8-10-20(11-9-18)46-19-4-2-1-3-5-19/h1-15H,(H2,38,40)(H,39,41)(H,42,43)(H,44,45). The molecule has 0 radical (unpaired) electrons. The maximum absolute atomic E-state index is 14.8. The minimum atomic E-state index is -6.24. The Morgan fingerprint density at radius 3 is 1.52 bits per heavy atom. The van der Waals surface area contributed by atoms with Gasteiger partial charge in [-0.15, -0.1) is 0 Å². The van der Waals surface area contributed by atoms with E-state index < -0.39 is 74.9 Å². The van der Waals surface area contributed by atoms with Gasteiger partial charge in [0.25, 0.3) is 5.91 Å². The monoisotopic (exact) mass is 646 g/mol. The number of carbonyl (C=O) groups is 4. The summed E-state index contributed by atoms with van der Waals surface area (Å²) in [4.78, 5) is 48.4. The number of primary amides is 1. The largest absolute Gasteiger partial charge is 0.478 e. The van der Waals surface area contributed by atoms with E-state index in [1.807, 2.05) is 0 Å². The van der Waals surface area contributed by atoms with Gasteiger partial charge in [-0.3, -0.25) is 9.59 Å². The van der Waals surface area contributed by atoms with Gasteiger partial charge in [-0.2, -0.15) is 26.3 Å². The van der Waals surface area contributed by atoms with Crippen LogP contribution in [-0.4, -0.2) is 46.3 Å². The lowest BCUT2D eigenvalue weighted by atomic mass is 9.71. The van der Waals surface area contributed by atoms with Crippen molar-refractivity contribution in [1.82, 2.24) is 0 Å². The van der Waals surface area contributed by atoms with E-state index in [-0.39, 0.29) is 30.0 Å². The topological polar surface area (TPSA) is 156 Å². The SMILES string of the molecule is NC(=O)c1cc(C(c2ccc(C(=O)O)c(C(=O)Nc3ccc(Oc4ccccc4)cc3)c2)(C(F)(F)F)C(F)(F)F)ccc1C(=O)O. The molecule has 46 heavy (non-hydrogen) atoms. The van der Waals surface area contributed by atoms with Gasteiger partial charge < -0.3 is 26.0 Å². The fraction of sp³-hybridized carbons (Fsp3) is 0.0968. The molecule has 0 aliphatic heterocycles. The first-order valence-corrected chi connectivity index (χ1v) is 12.8. The number of amides is 2. The Labute approximate surface area is 254 Å². The molecule has 4 aromatic rings. The van der Waals surface area contributed by atoms with Crippen LogP contribution in [-0.2, 0) is 5.41 Å². The van der Waals surface area contributed by atoms with E-state index in [0.717, 1.165) is 0 Å². The predicted octanol–water partition coefficient (Wildman–Crippen LogP) is 6.64. The van der Waals surface area contributed by atoms with Crippen LogP contribution in [0.15, 0.2) is 91.0 Å². The second-order valence-corrected chi connectivity index (χ2v) is 9.63. The lowest BCUT2D eigenvalue weighted by Gasteiger charge is -2.38. The van der Waals surface area contributed by atoms with E-state index >= 15 is 0 Å². The van der Waals surface area contributed by atoms with E-state index in [9.17, 15) is 55.7 Å². The first kappa shape index (κ1) is 33.0. The number of nitrogens with one attached hydrogen (secondary N) is 1. The number of para-hydroxylation sites is 1. The number of ether oxygens (including phenoxy) is 1. The molecule has 0 heterocycles. The quantitative estimate of drug-likeness (QED) is 0.149. The Hall–Kier alpha value is -5.86. The lowest BCUT2D eigenvalue weighted by molar-refractivity contribution is -0.288. The van der Waals surface area contributed by atoms with Gasteiger partial charge >= 0.3 is 24.3 Å². The average molecular weight is 646 g/mol. The number of benzene rings is 4. The Morgan fingerprint density at radius 1 is 0.609 bits per heavy atom. The summed E-state index contributed by atoms with van der Waals surface area (Å²) in [6.07, 6.45) is -12.5. The molecule has 0 aliphatic rings. The first-order valence-electron chi connectivity index (χ1n) is 12.8. The molecule has 4 rings (SSSR count). The van der Waals surface area contributed by atoms with Gasteiger partial charge in [0.15, 0.2) is 0 Å². The van der Waals surface area contributed by atoms with Crippen LogP contribution in [0.25, 0.3) is 0 Å². The third-order valence-electron chi connectivity index (χ3n) is 6.82. The number of carboxylic acids is 2. The maximum Gasteiger partial charge on any atom is 0.411 e. The Balaban J connectivity index is 1.85. The van der Waals surface area contributed by atoms with Crippen molar-refractivity contribution >= 4 is 29.4 Å². The van der Waals surface area contributed by atoms with Gasteiger partial charge in [0.05, 0.1) is 22.3 Å². The van der Waals surface area contributed by atoms with E-state index in [2.05, 4.69) is 5.32 Å². The summed E-state index contributed by atoms with van der Waals surface area (Å²) in [5.41, 5.74) is -7.34. The van der Waals surface area contributed by atoms with Crippen LogP contribution < -0.4 is 15.8 Å². The molecule has 15 heteroatoms. The maximum atomic E-state index is 14.8. The van der Waals surface area contributed by atoms with Gasteiger partial charge in [0, 0.05) is 5.69 Å². The summed E-state index contributed by atoms with van der Waals surface area (Å²) in [5, 5.41) is 21.1. The van der Waals surface area contributed by atoms with Crippen molar-refractivity contribution in [2.75, 3.05) is 5.32 Å². The van der Waals surface area contributed by atoms with Crippen molar-refractivity contribution < 1.29 is 60.5 Å². The highest BCUT2D eigenvalue weighted by Crippen LogP contribution is 2.56. The second-order valence-electron chi connectivity index (χ2n) is 9.63. The highest BCUT2D eigenvalue weighted by atomic mass is 19.4. The Bertz CT molecular complexity index is 1810. The van der Waals surface area contributed by atoms with Crippen LogP contribution in [0.4, 0.5) is 32.0 Å². The number of hydrogen-bond acceptors (Lipinski definition) is 5. The van der Waals surface area contributed by atoms with Crippen LogP contribution in [0.5, 0.6) is 11.5 Å². The van der Waals surface area contributed by atoms with Crippen LogP contribution >= 0.6 is 0 Å². The summed E-state index contributed by atoms with van der Waals surface area (Å²) in [5.74, 6) is -5.90. The number of anilines is 1. The van der Waals surface area contributed by atoms with Gasteiger partial charge in [-0.25, -0.2) is 9.59 Å². The highest BCUT2D eigenvalue weighted by Gasteiger charge is 2.72. The molecule has 0 spiro atoms. The van der Waals surface area contributed by atoms with Gasteiger partial charge in [-0.1, -0.05) is 30.3 Å². The van der Waals surface area contributed by atoms with E-state index in [0.29, 0.717) is 23.6 Å². The molecule has 5 N–H and O–H groups in total. The summed E-state index contributed by atoms with van der Waals surface area (Å²) in [6, 6.07) is 15.3. The van der Waals surface area contributed by atoms with Crippen LogP contribution in [0, 0.1) is 0 Å². The van der Waals surface area contributed by atoms with Crippen molar-refractivity contribution in [1.29, 1.82) is 0 Å². The number of rotatable bonds is 9. The number of alkyl halides is 6. The molecule has 238 valence electrons. The fourth-order valence-corrected chi connectivity index (χ4v) is 4.73. The molecule has 4 aromatic carbocycles. The normalized spacial score (nSPS) is 11.9. The zero-order valence-electron chi connectivity index (χ0n) is 22.9. The first-order chi connectivity index (χ1) is 21.5. The van der Waals surface area contributed by atoms with Crippen molar-refractivity contribution in [3.63, 3.8) is 0 Å². The summed E-state index contributed by atoms with van der Waals surface area (Å²) in [6.45, 7) is 0. The molecule has 0 saturated carbocycles. The zero-order valence-corrected chi connectivity index (χ0v) is 22.9. The van der Waals surface area contributed by atoms with Gasteiger partial charge in [0.2, 0.25) is 11.3 Å². The van der Waals surface area contributed by atoms with E-state index in [1.165, 1.54) is 24.3 Å². The third-order valence-corrected chi connectivity index (χ3v) is 6.82. The smallest absolute Gasteiger partial charge is 0.411 e. The number of nitrogens with two attached hydrogens (primary N) is 1. The van der Waals surface area contributed by atoms with E-state index in [4.69, 9.17) is 10.5 Å². The molecular formula is C31H20F6N2O7. The molecule has 0 unspecified atom stereocenters. The van der Waals surface area contributed by atoms with Crippen LogP contribution in [0.2, 0.25) is 0 Å². The van der Waals surface area contributed by atoms with Crippen molar-refractivity contribution in [2.45, 2.75) is 17.8 Å². The van der Waals surface area contributed by atoms with Crippen LogP contribution in [0.3, 0.4) is 0 Å². The summed E-state index contributed by atoms with van der Waals surface area (Å²) in [7, 11) is 0. The fourth-order valence-electron chi connectivity index (χ4n) is 4.73. The number of halogens is 6. The predicted molar refractivity (Wildman–Crippen MR) is 149 cm³/mol. The summed E-state index contributed by atoms with van der Waals surface area (Å²) >= 11 is 0. The molecule has 0 fully saturated rings. The minimum Gasteiger partial charge on any atom is -0.478 e. The number of carbonyl (C=O) groups excluding carboxylic acids is 2. The van der Waals surface area contributed by atoms with Gasteiger partial charge in [0.1, 0.15) is 11.5 Å². The van der Waals surface area contributed by atoms with Crippen molar-refractivity contribution in [2.24, 2.45) is 5.73 Å². The van der Waals surface area contributed by atoms with E-state index in [1.54, 1.807) is 30.3 Å². The molecule has 0 saturated heterocycles.